The fourth-order valence-electron chi connectivity index (χ4n) is 3.91. The average Bonchev–Trinajstić information content (AvgIpc) is 2.68. The topological polar surface area (TPSA) is 108 Å². The third kappa shape index (κ3) is 5.75. The number of ketones is 1. The maximum absolute atomic E-state index is 12.6. The third-order valence-corrected chi connectivity index (χ3v) is 5.34. The van der Waals surface area contributed by atoms with E-state index >= 15 is 0 Å². The first-order valence-electron chi connectivity index (χ1n) is 10.4. The minimum absolute atomic E-state index is 0.0484. The van der Waals surface area contributed by atoms with Crippen LogP contribution in [0.15, 0.2) is 18.2 Å². The predicted octanol–water partition coefficient (Wildman–Crippen LogP) is 3.44. The molecule has 2 aliphatic rings. The molecule has 162 valence electrons. The molecule has 1 aromatic rings. The van der Waals surface area contributed by atoms with Gasteiger partial charge in [-0.1, -0.05) is 18.6 Å². The van der Waals surface area contributed by atoms with E-state index < -0.39 is 25.5 Å². The molecule has 1 N–H and O–H groups in total. The SMILES string of the molecule is CC(=O)C[C@H]1Cc2cccc(C(=O)OC(C)OC(=O)OC3CCCCC3)c2OB1O. The average molecular weight is 418 g/mol. The van der Waals surface area contributed by atoms with Crippen LogP contribution in [0.1, 0.15) is 68.3 Å². The monoisotopic (exact) mass is 418 g/mol. The summed E-state index contributed by atoms with van der Waals surface area (Å²) in [6, 6.07) is 4.95. The molecule has 1 aliphatic heterocycles. The van der Waals surface area contributed by atoms with Gasteiger partial charge in [-0.3, -0.25) is 0 Å². The second-order valence-corrected chi connectivity index (χ2v) is 7.89. The summed E-state index contributed by atoms with van der Waals surface area (Å²) in [5, 5.41) is 10.2. The number of fused-ring (bicyclic) bond motifs is 1. The van der Waals surface area contributed by atoms with E-state index in [1.807, 2.05) is 0 Å². The van der Waals surface area contributed by atoms with Crippen LogP contribution in [-0.2, 0) is 25.4 Å². The van der Waals surface area contributed by atoms with Crippen molar-refractivity contribution in [1.82, 2.24) is 0 Å². The molecule has 0 aromatic heterocycles. The number of ether oxygens (including phenoxy) is 3. The number of Topliss-reactive ketones (excluding diaryl/α,β-unsaturated/α-hetero) is 1. The summed E-state index contributed by atoms with van der Waals surface area (Å²) in [5.41, 5.74) is 0.815. The molecule has 0 bridgehead atoms. The number of hydrogen-bond acceptors (Lipinski definition) is 8. The Morgan fingerprint density at radius 1 is 1.20 bits per heavy atom. The van der Waals surface area contributed by atoms with E-state index in [4.69, 9.17) is 18.9 Å². The quantitative estimate of drug-likeness (QED) is 0.425. The molecule has 0 radical (unpaired) electrons. The van der Waals surface area contributed by atoms with E-state index in [2.05, 4.69) is 0 Å². The molecule has 30 heavy (non-hydrogen) atoms. The van der Waals surface area contributed by atoms with Gasteiger partial charge >= 0.3 is 19.2 Å². The highest BCUT2D eigenvalue weighted by molar-refractivity contribution is 6.46. The Morgan fingerprint density at radius 3 is 2.63 bits per heavy atom. The first-order chi connectivity index (χ1) is 14.3. The van der Waals surface area contributed by atoms with Crippen molar-refractivity contribution in [3.05, 3.63) is 29.3 Å². The molecule has 2 atom stereocenters. The molecule has 1 aliphatic carbocycles. The largest absolute Gasteiger partial charge is 0.535 e. The Morgan fingerprint density at radius 2 is 1.93 bits per heavy atom. The molecule has 3 rings (SSSR count). The normalized spacial score (nSPS) is 19.8. The van der Waals surface area contributed by atoms with E-state index in [-0.39, 0.29) is 35.4 Å². The molecular weight excluding hydrogens is 391 g/mol. The van der Waals surface area contributed by atoms with Gasteiger partial charge in [-0.25, -0.2) is 9.59 Å². The number of hydrogen-bond donors (Lipinski definition) is 1. The van der Waals surface area contributed by atoms with Gasteiger partial charge in [-0.05, 0) is 50.7 Å². The highest BCUT2D eigenvalue weighted by Gasteiger charge is 2.37. The Bertz CT molecular complexity index is 789. The summed E-state index contributed by atoms with van der Waals surface area (Å²) in [5.74, 6) is -0.959. The summed E-state index contributed by atoms with van der Waals surface area (Å²) >= 11 is 0. The third-order valence-electron chi connectivity index (χ3n) is 5.34. The smallest absolute Gasteiger partial charge is 0.526 e. The molecular formula is C21H27BO8. The predicted molar refractivity (Wildman–Crippen MR) is 107 cm³/mol. The lowest BCUT2D eigenvalue weighted by Gasteiger charge is -2.28. The van der Waals surface area contributed by atoms with E-state index in [1.165, 1.54) is 19.9 Å². The second-order valence-electron chi connectivity index (χ2n) is 7.89. The Labute approximate surface area is 176 Å². The van der Waals surface area contributed by atoms with E-state index in [9.17, 15) is 19.4 Å². The molecule has 0 spiro atoms. The first kappa shape index (κ1) is 22.1. The van der Waals surface area contributed by atoms with E-state index in [0.29, 0.717) is 12.0 Å². The zero-order valence-electron chi connectivity index (χ0n) is 17.3. The van der Waals surface area contributed by atoms with Gasteiger partial charge in [-0.2, -0.15) is 0 Å². The Balaban J connectivity index is 1.59. The molecule has 1 heterocycles. The van der Waals surface area contributed by atoms with Crippen LogP contribution in [0.25, 0.3) is 0 Å². The molecule has 9 heteroatoms. The minimum Gasteiger partial charge on any atom is -0.535 e. The fraction of sp³-hybridized carbons (Fsp3) is 0.571. The van der Waals surface area contributed by atoms with Crippen LogP contribution in [0.2, 0.25) is 5.82 Å². The van der Waals surface area contributed by atoms with Crippen LogP contribution in [0.4, 0.5) is 4.79 Å². The van der Waals surface area contributed by atoms with Gasteiger partial charge in [0, 0.05) is 19.2 Å². The van der Waals surface area contributed by atoms with Crippen molar-refractivity contribution >= 4 is 25.0 Å². The highest BCUT2D eigenvalue weighted by Crippen LogP contribution is 2.36. The van der Waals surface area contributed by atoms with Gasteiger partial charge in [0.05, 0.1) is 0 Å². The standard InChI is InChI=1S/C21H27BO8/c1-13(23)11-16-12-15-7-6-10-18(19(15)30-22(16)26)20(24)27-14(2)28-21(25)29-17-8-4-3-5-9-17/h6-7,10,14,16-17,26H,3-5,8-9,11-12H2,1-2H3/t14?,16-/m0/s1. The van der Waals surface area contributed by atoms with Crippen LogP contribution in [0.5, 0.6) is 5.75 Å². The van der Waals surface area contributed by atoms with Crippen molar-refractivity contribution < 1.29 is 38.3 Å². The first-order valence-corrected chi connectivity index (χ1v) is 10.4. The second kappa shape index (κ2) is 9.97. The van der Waals surface area contributed by atoms with Gasteiger partial charge < -0.3 is 28.7 Å². The van der Waals surface area contributed by atoms with Gasteiger partial charge in [0.1, 0.15) is 23.2 Å². The number of rotatable bonds is 6. The van der Waals surface area contributed by atoms with Crippen molar-refractivity contribution in [3.8, 4) is 5.75 Å². The number of benzene rings is 1. The molecule has 1 saturated carbocycles. The summed E-state index contributed by atoms with van der Waals surface area (Å²) in [6.07, 6.45) is 3.19. The lowest BCUT2D eigenvalue weighted by atomic mass is 9.64. The maximum Gasteiger partial charge on any atom is 0.526 e. The van der Waals surface area contributed by atoms with Gasteiger partial charge in [0.25, 0.3) is 0 Å². The van der Waals surface area contributed by atoms with Crippen LogP contribution >= 0.6 is 0 Å². The number of carbonyl (C=O) groups is 3. The van der Waals surface area contributed by atoms with Crippen molar-refractivity contribution in [3.63, 3.8) is 0 Å². The summed E-state index contributed by atoms with van der Waals surface area (Å²) < 4.78 is 21.0. The molecule has 1 aromatic carbocycles. The van der Waals surface area contributed by atoms with Crippen LogP contribution in [0, 0.1) is 0 Å². The summed E-state index contributed by atoms with van der Waals surface area (Å²) in [4.78, 5) is 35.9. The lowest BCUT2D eigenvalue weighted by molar-refractivity contribution is -0.117. The molecule has 1 unspecified atom stereocenters. The zero-order chi connectivity index (χ0) is 21.7. The summed E-state index contributed by atoms with van der Waals surface area (Å²) in [6.45, 7) is 2.88. The van der Waals surface area contributed by atoms with Gasteiger partial charge in [0.15, 0.2) is 0 Å². The lowest BCUT2D eigenvalue weighted by Crippen LogP contribution is -2.35. The number of para-hydroxylation sites is 1. The minimum atomic E-state index is -1.20. The highest BCUT2D eigenvalue weighted by atomic mass is 16.8. The van der Waals surface area contributed by atoms with E-state index in [1.54, 1.807) is 12.1 Å². The maximum atomic E-state index is 12.6. The van der Waals surface area contributed by atoms with Gasteiger partial charge in [-0.15, -0.1) is 0 Å². The number of carbonyl (C=O) groups excluding carboxylic acids is 3. The fourth-order valence-corrected chi connectivity index (χ4v) is 3.91. The summed E-state index contributed by atoms with van der Waals surface area (Å²) in [7, 11) is -1.20. The molecule has 8 nitrogen and oxygen atoms in total. The van der Waals surface area contributed by atoms with Gasteiger partial charge in [0.2, 0.25) is 6.29 Å². The Kier molecular flexibility index (Phi) is 7.36. The van der Waals surface area contributed by atoms with Crippen LogP contribution in [-0.4, -0.2) is 42.4 Å². The van der Waals surface area contributed by atoms with E-state index in [0.717, 1.165) is 32.1 Å². The zero-order valence-corrected chi connectivity index (χ0v) is 17.3. The van der Waals surface area contributed by atoms with Crippen molar-refractivity contribution in [1.29, 1.82) is 0 Å². The number of esters is 1. The molecule has 0 amide bonds. The Hall–Kier alpha value is -2.55. The molecule has 0 saturated heterocycles. The van der Waals surface area contributed by atoms with Crippen LogP contribution in [0.3, 0.4) is 0 Å². The van der Waals surface area contributed by atoms with Crippen LogP contribution < -0.4 is 4.65 Å². The van der Waals surface area contributed by atoms with Crippen molar-refractivity contribution in [2.24, 2.45) is 0 Å². The molecule has 1 fully saturated rings. The van der Waals surface area contributed by atoms with Crippen molar-refractivity contribution in [2.75, 3.05) is 0 Å². The van der Waals surface area contributed by atoms with Crippen molar-refractivity contribution in [2.45, 2.75) is 77.0 Å².